The lowest BCUT2D eigenvalue weighted by molar-refractivity contribution is 0.0931. The van der Waals surface area contributed by atoms with Gasteiger partial charge in [0.1, 0.15) is 0 Å². The highest BCUT2D eigenvalue weighted by molar-refractivity contribution is 9.10. The normalized spacial score (nSPS) is 18.9. The molecule has 18 heavy (non-hydrogen) atoms. The van der Waals surface area contributed by atoms with Gasteiger partial charge in [0.05, 0.1) is 10.6 Å². The Balaban J connectivity index is 0.00000162. The van der Waals surface area contributed by atoms with E-state index in [1.54, 1.807) is 12.1 Å². The Kier molecular flexibility index (Phi) is 6.43. The van der Waals surface area contributed by atoms with Crippen LogP contribution in [0.3, 0.4) is 0 Å². The fraction of sp³-hybridized carbons (Fsp3) is 0.417. The number of halogens is 3. The van der Waals surface area contributed by atoms with Crippen molar-refractivity contribution in [3.63, 3.8) is 0 Å². The number of piperidine rings is 1. The standard InChI is InChI=1S/C12H14BrClN2O.ClH/c13-8-3-4-10(11(14)6-8)12(17)16-9-2-1-5-15-7-9;/h3-4,6,9,15H,1-2,5,7H2,(H,16,17);1H. The van der Waals surface area contributed by atoms with Crippen LogP contribution in [0.4, 0.5) is 0 Å². The summed E-state index contributed by atoms with van der Waals surface area (Å²) in [4.78, 5) is 12.0. The highest BCUT2D eigenvalue weighted by atomic mass is 79.9. The number of hydrogen-bond acceptors (Lipinski definition) is 2. The molecule has 2 N–H and O–H groups in total. The van der Waals surface area contributed by atoms with Gasteiger partial charge < -0.3 is 10.6 Å². The molecule has 0 bridgehead atoms. The SMILES string of the molecule is Cl.O=C(NC1CCCNC1)c1ccc(Br)cc1Cl. The van der Waals surface area contributed by atoms with Crippen molar-refractivity contribution in [3.8, 4) is 0 Å². The molecule has 3 nitrogen and oxygen atoms in total. The van der Waals surface area contributed by atoms with Gasteiger partial charge in [-0.05, 0) is 37.6 Å². The summed E-state index contributed by atoms with van der Waals surface area (Å²) in [5, 5.41) is 6.73. The van der Waals surface area contributed by atoms with Crippen LogP contribution in [0.25, 0.3) is 0 Å². The number of carbonyl (C=O) groups excluding carboxylic acids is 1. The number of nitrogens with one attached hydrogen (secondary N) is 2. The van der Waals surface area contributed by atoms with Gasteiger partial charge in [0, 0.05) is 17.1 Å². The zero-order valence-corrected chi connectivity index (χ0v) is 12.9. The fourth-order valence-electron chi connectivity index (χ4n) is 1.91. The minimum atomic E-state index is -0.101. The lowest BCUT2D eigenvalue weighted by Crippen LogP contribution is -2.45. The summed E-state index contributed by atoms with van der Waals surface area (Å²) in [7, 11) is 0. The van der Waals surface area contributed by atoms with Crippen LogP contribution in [-0.2, 0) is 0 Å². The van der Waals surface area contributed by atoms with Crippen molar-refractivity contribution in [1.29, 1.82) is 0 Å². The summed E-state index contributed by atoms with van der Waals surface area (Å²) in [5.41, 5.74) is 0.528. The van der Waals surface area contributed by atoms with Crippen molar-refractivity contribution < 1.29 is 4.79 Å². The third kappa shape index (κ3) is 4.12. The first-order chi connectivity index (χ1) is 8.16. The average molecular weight is 354 g/mol. The quantitative estimate of drug-likeness (QED) is 0.858. The Morgan fingerprint density at radius 3 is 2.89 bits per heavy atom. The zero-order chi connectivity index (χ0) is 12.3. The second kappa shape index (κ2) is 7.34. The topological polar surface area (TPSA) is 41.1 Å². The van der Waals surface area contributed by atoms with Crippen molar-refractivity contribution in [2.45, 2.75) is 18.9 Å². The molecule has 6 heteroatoms. The zero-order valence-electron chi connectivity index (χ0n) is 9.71. The van der Waals surface area contributed by atoms with Crippen LogP contribution in [0, 0.1) is 0 Å². The maximum Gasteiger partial charge on any atom is 0.253 e. The molecule has 1 unspecified atom stereocenters. The van der Waals surface area contributed by atoms with Gasteiger partial charge in [0.25, 0.3) is 5.91 Å². The van der Waals surface area contributed by atoms with E-state index in [4.69, 9.17) is 11.6 Å². The van der Waals surface area contributed by atoms with Crippen LogP contribution in [0.5, 0.6) is 0 Å². The average Bonchev–Trinajstić information content (AvgIpc) is 2.30. The molecule has 1 aromatic rings. The van der Waals surface area contributed by atoms with E-state index in [-0.39, 0.29) is 24.4 Å². The molecule has 1 saturated heterocycles. The van der Waals surface area contributed by atoms with Crippen LogP contribution >= 0.6 is 39.9 Å². The largest absolute Gasteiger partial charge is 0.348 e. The van der Waals surface area contributed by atoms with Crippen molar-refractivity contribution in [2.75, 3.05) is 13.1 Å². The van der Waals surface area contributed by atoms with E-state index < -0.39 is 0 Å². The third-order valence-corrected chi connectivity index (χ3v) is 3.61. The first-order valence-electron chi connectivity index (χ1n) is 5.63. The molecule has 1 atom stereocenters. The second-order valence-corrected chi connectivity index (χ2v) is 5.46. The van der Waals surface area contributed by atoms with Gasteiger partial charge in [0.15, 0.2) is 0 Å². The molecule has 0 radical (unpaired) electrons. The van der Waals surface area contributed by atoms with Crippen LogP contribution in [0.2, 0.25) is 5.02 Å². The van der Waals surface area contributed by atoms with Crippen LogP contribution in [0.15, 0.2) is 22.7 Å². The first kappa shape index (κ1) is 15.8. The van der Waals surface area contributed by atoms with Crippen molar-refractivity contribution in [2.24, 2.45) is 0 Å². The molecule has 1 amide bonds. The molecule has 100 valence electrons. The van der Waals surface area contributed by atoms with Crippen molar-refractivity contribution >= 4 is 45.8 Å². The predicted octanol–water partition coefficient (Wildman–Crippen LogP) is 3.01. The number of hydrogen-bond donors (Lipinski definition) is 2. The molecule has 0 spiro atoms. The van der Waals surface area contributed by atoms with E-state index in [1.807, 2.05) is 6.07 Å². The van der Waals surface area contributed by atoms with Gasteiger partial charge in [-0.3, -0.25) is 4.79 Å². The molecule has 0 aromatic heterocycles. The molecule has 2 rings (SSSR count). The Hall–Kier alpha value is -0.290. The van der Waals surface area contributed by atoms with Crippen LogP contribution in [-0.4, -0.2) is 25.0 Å². The van der Waals surface area contributed by atoms with Crippen LogP contribution in [0.1, 0.15) is 23.2 Å². The molecule has 1 fully saturated rings. The smallest absolute Gasteiger partial charge is 0.253 e. The van der Waals surface area contributed by atoms with Gasteiger partial charge in [-0.15, -0.1) is 12.4 Å². The van der Waals surface area contributed by atoms with Crippen molar-refractivity contribution in [3.05, 3.63) is 33.3 Å². The van der Waals surface area contributed by atoms with Gasteiger partial charge in [-0.2, -0.15) is 0 Å². The number of carbonyl (C=O) groups is 1. The van der Waals surface area contributed by atoms with E-state index in [1.165, 1.54) is 0 Å². The van der Waals surface area contributed by atoms with Gasteiger partial charge in [-0.25, -0.2) is 0 Å². The van der Waals surface area contributed by atoms with E-state index in [0.29, 0.717) is 10.6 Å². The Morgan fingerprint density at radius 2 is 2.28 bits per heavy atom. The number of rotatable bonds is 2. The van der Waals surface area contributed by atoms with E-state index in [9.17, 15) is 4.79 Å². The Labute approximate surface area is 126 Å². The summed E-state index contributed by atoms with van der Waals surface area (Å²) in [6, 6.07) is 5.49. The molecule has 0 aliphatic carbocycles. The van der Waals surface area contributed by atoms with Gasteiger partial charge in [0.2, 0.25) is 0 Å². The number of benzene rings is 1. The molecule has 1 aliphatic rings. The second-order valence-electron chi connectivity index (χ2n) is 4.14. The minimum Gasteiger partial charge on any atom is -0.348 e. The monoisotopic (exact) mass is 352 g/mol. The summed E-state index contributed by atoms with van der Waals surface area (Å²) in [6.07, 6.45) is 2.12. The third-order valence-electron chi connectivity index (χ3n) is 2.81. The molecular weight excluding hydrogens is 339 g/mol. The maximum atomic E-state index is 12.0. The summed E-state index contributed by atoms with van der Waals surface area (Å²) in [5.74, 6) is -0.101. The van der Waals surface area contributed by atoms with E-state index >= 15 is 0 Å². The molecule has 1 heterocycles. The molecule has 1 aromatic carbocycles. The summed E-state index contributed by atoms with van der Waals surface area (Å²) < 4.78 is 0.874. The lowest BCUT2D eigenvalue weighted by Gasteiger charge is -2.24. The maximum absolute atomic E-state index is 12.0. The summed E-state index contributed by atoms with van der Waals surface area (Å²) >= 11 is 9.35. The minimum absolute atomic E-state index is 0. The summed E-state index contributed by atoms with van der Waals surface area (Å²) in [6.45, 7) is 1.87. The van der Waals surface area contributed by atoms with E-state index in [0.717, 1.165) is 30.4 Å². The molecule has 1 aliphatic heterocycles. The van der Waals surface area contributed by atoms with Crippen molar-refractivity contribution in [1.82, 2.24) is 10.6 Å². The van der Waals surface area contributed by atoms with Crippen LogP contribution < -0.4 is 10.6 Å². The fourth-order valence-corrected chi connectivity index (χ4v) is 2.67. The highest BCUT2D eigenvalue weighted by Crippen LogP contribution is 2.21. The van der Waals surface area contributed by atoms with Gasteiger partial charge in [-0.1, -0.05) is 27.5 Å². The lowest BCUT2D eigenvalue weighted by atomic mass is 10.1. The number of amides is 1. The van der Waals surface area contributed by atoms with E-state index in [2.05, 4.69) is 26.6 Å². The highest BCUT2D eigenvalue weighted by Gasteiger charge is 2.17. The predicted molar refractivity (Wildman–Crippen MR) is 79.8 cm³/mol. The van der Waals surface area contributed by atoms with Gasteiger partial charge >= 0.3 is 0 Å². The first-order valence-corrected chi connectivity index (χ1v) is 6.80. The molecule has 0 saturated carbocycles. The Bertz CT molecular complexity index is 423. The Morgan fingerprint density at radius 1 is 1.50 bits per heavy atom. The molecular formula is C12H15BrCl2N2O.